The molecule has 10 atom stereocenters. The third-order valence-corrected chi connectivity index (χ3v) is 10.8. The summed E-state index contributed by atoms with van der Waals surface area (Å²) in [5, 5.41) is 25.1. The van der Waals surface area contributed by atoms with Gasteiger partial charge in [0, 0.05) is 6.20 Å². The van der Waals surface area contributed by atoms with Gasteiger partial charge in [-0.1, -0.05) is 20.8 Å². The van der Waals surface area contributed by atoms with E-state index in [-0.39, 0.29) is 5.41 Å². The first-order valence-corrected chi connectivity index (χ1v) is 12.9. The Hall–Kier alpha value is -1.34. The maximum atomic E-state index is 11.7. The van der Waals surface area contributed by atoms with Gasteiger partial charge in [0.05, 0.1) is 23.9 Å². The van der Waals surface area contributed by atoms with Crippen LogP contribution >= 0.6 is 0 Å². The fraction of sp³-hybridized carbons (Fsp3) is 0.852. The highest BCUT2D eigenvalue weighted by Gasteiger charge is 2.60. The molecule has 0 aliphatic heterocycles. The second kappa shape index (κ2) is 7.62. The van der Waals surface area contributed by atoms with Crippen LogP contribution in [0.2, 0.25) is 0 Å². The van der Waals surface area contributed by atoms with Gasteiger partial charge in [0.2, 0.25) is 0 Å². The Balaban J connectivity index is 1.34. The molecule has 4 unspecified atom stereocenters. The van der Waals surface area contributed by atoms with Crippen LogP contribution in [0.3, 0.4) is 0 Å². The van der Waals surface area contributed by atoms with Crippen LogP contribution in [0.25, 0.3) is 0 Å². The summed E-state index contributed by atoms with van der Waals surface area (Å²) in [4.78, 5) is 0. The van der Waals surface area contributed by atoms with E-state index in [9.17, 15) is 5.11 Å². The lowest BCUT2D eigenvalue weighted by atomic mass is 9.48. The fourth-order valence-electron chi connectivity index (χ4n) is 9.23. The van der Waals surface area contributed by atoms with Crippen LogP contribution in [-0.4, -0.2) is 20.5 Å². The molecule has 0 aromatic carbocycles. The summed E-state index contributed by atoms with van der Waals surface area (Å²) in [5.41, 5.74) is 0.0109. The lowest BCUT2D eigenvalue weighted by Crippen LogP contribution is -2.53. The van der Waals surface area contributed by atoms with Gasteiger partial charge in [0.15, 0.2) is 0 Å². The quantitative estimate of drug-likeness (QED) is 0.682. The van der Waals surface area contributed by atoms with Gasteiger partial charge in [-0.15, -0.1) is 0 Å². The highest BCUT2D eigenvalue weighted by Crippen LogP contribution is 2.66. The van der Waals surface area contributed by atoms with Crippen LogP contribution in [-0.2, 0) is 6.54 Å². The number of aromatic nitrogens is 2. The van der Waals surface area contributed by atoms with Gasteiger partial charge in [-0.25, -0.2) is 0 Å². The highest BCUT2D eigenvalue weighted by molar-refractivity contribution is 5.21. The summed E-state index contributed by atoms with van der Waals surface area (Å²) in [6, 6.07) is 2.15. The van der Waals surface area contributed by atoms with Gasteiger partial charge in [-0.05, 0) is 111 Å². The van der Waals surface area contributed by atoms with E-state index in [0.717, 1.165) is 47.8 Å². The number of nitrogens with zero attached hydrogens (tertiary/aromatic N) is 3. The van der Waals surface area contributed by atoms with Crippen molar-refractivity contribution in [3.05, 3.63) is 18.0 Å². The van der Waals surface area contributed by atoms with Crippen molar-refractivity contribution in [3.63, 3.8) is 0 Å². The molecule has 1 N–H and O–H groups in total. The van der Waals surface area contributed by atoms with E-state index in [0.29, 0.717) is 18.0 Å². The number of nitriles is 1. The molecule has 4 nitrogen and oxygen atoms in total. The summed E-state index contributed by atoms with van der Waals surface area (Å²) < 4.78 is 1.77. The third-order valence-electron chi connectivity index (χ3n) is 10.8. The summed E-state index contributed by atoms with van der Waals surface area (Å²) in [5.74, 6) is 6.61. The third kappa shape index (κ3) is 3.47. The highest BCUT2D eigenvalue weighted by atomic mass is 16.3. The zero-order chi connectivity index (χ0) is 22.0. The van der Waals surface area contributed by atoms with Gasteiger partial charge in [0.25, 0.3) is 0 Å². The SMILES string of the molecule is C[C@@H]1CC2CC[C@@H]3C(CC[C@@]4(C)C3CC[C@@H]4C(C)(O)Cn3cc(C#N)cn3)[C@H]2C[C@H]1C. The molecule has 4 aliphatic rings. The molecule has 5 rings (SSSR count). The van der Waals surface area contributed by atoms with Crippen LogP contribution in [0.1, 0.15) is 84.6 Å². The molecule has 1 heterocycles. The van der Waals surface area contributed by atoms with Gasteiger partial charge < -0.3 is 5.11 Å². The van der Waals surface area contributed by atoms with E-state index in [2.05, 4.69) is 31.9 Å². The van der Waals surface area contributed by atoms with E-state index in [1.165, 1.54) is 44.9 Å². The Morgan fingerprint density at radius 1 is 1.13 bits per heavy atom. The van der Waals surface area contributed by atoms with E-state index >= 15 is 0 Å². The molecule has 4 saturated carbocycles. The van der Waals surface area contributed by atoms with Crippen LogP contribution in [0.5, 0.6) is 0 Å². The number of rotatable bonds is 3. The van der Waals surface area contributed by atoms with E-state index in [4.69, 9.17) is 5.26 Å². The average Bonchev–Trinajstić information content (AvgIpc) is 3.32. The van der Waals surface area contributed by atoms with Crippen LogP contribution in [0.4, 0.5) is 0 Å². The maximum Gasteiger partial charge on any atom is 0.102 e. The number of aliphatic hydroxyl groups is 1. The van der Waals surface area contributed by atoms with Crippen molar-refractivity contribution in [1.29, 1.82) is 5.26 Å². The number of hydrogen-bond donors (Lipinski definition) is 1. The Morgan fingerprint density at radius 2 is 1.90 bits per heavy atom. The summed E-state index contributed by atoms with van der Waals surface area (Å²) >= 11 is 0. The first-order chi connectivity index (χ1) is 14.7. The molecule has 0 amide bonds. The predicted molar refractivity (Wildman–Crippen MR) is 122 cm³/mol. The minimum Gasteiger partial charge on any atom is -0.388 e. The molecular weight excluding hydrogens is 382 g/mol. The standard InChI is InChI=1S/C27H41N3O/c1-17-11-20-5-6-22-21(23(20)12-18(17)2)9-10-26(3)24(22)7-8-25(26)27(4,31)16-30-15-19(13-28)14-29-30/h14-15,17-18,20-25,31H,5-12,16H2,1-4H3/t17-,18-,20?,21?,22-,23+,24?,25+,26+,27?/m1/s1. The van der Waals surface area contributed by atoms with Crippen molar-refractivity contribution >= 4 is 0 Å². The van der Waals surface area contributed by atoms with E-state index in [1.807, 2.05) is 6.92 Å². The normalized spacial score (nSPS) is 46.3. The van der Waals surface area contributed by atoms with E-state index in [1.54, 1.807) is 17.1 Å². The van der Waals surface area contributed by atoms with Crippen molar-refractivity contribution < 1.29 is 5.11 Å². The number of hydrogen-bond acceptors (Lipinski definition) is 3. The molecule has 4 heteroatoms. The van der Waals surface area contributed by atoms with Crippen LogP contribution < -0.4 is 0 Å². The monoisotopic (exact) mass is 423 g/mol. The zero-order valence-electron chi connectivity index (χ0n) is 19.9. The molecule has 4 aliphatic carbocycles. The summed E-state index contributed by atoms with van der Waals surface area (Å²) in [7, 11) is 0. The lowest BCUT2D eigenvalue weighted by molar-refractivity contribution is -0.118. The van der Waals surface area contributed by atoms with Crippen molar-refractivity contribution in [2.75, 3.05) is 0 Å². The van der Waals surface area contributed by atoms with Crippen molar-refractivity contribution in [1.82, 2.24) is 9.78 Å². The molecule has 0 spiro atoms. The van der Waals surface area contributed by atoms with Crippen molar-refractivity contribution in [3.8, 4) is 6.07 Å². The van der Waals surface area contributed by atoms with Gasteiger partial charge >= 0.3 is 0 Å². The first-order valence-electron chi connectivity index (χ1n) is 12.9. The average molecular weight is 424 g/mol. The molecule has 1 aromatic heterocycles. The molecule has 4 fully saturated rings. The zero-order valence-corrected chi connectivity index (χ0v) is 19.9. The van der Waals surface area contributed by atoms with Gasteiger partial charge in [-0.2, -0.15) is 10.4 Å². The second-order valence-corrected chi connectivity index (χ2v) is 12.4. The fourth-order valence-corrected chi connectivity index (χ4v) is 9.23. The lowest BCUT2D eigenvalue weighted by Gasteiger charge is -2.58. The van der Waals surface area contributed by atoms with Crippen LogP contribution in [0.15, 0.2) is 12.4 Å². The Kier molecular flexibility index (Phi) is 5.28. The minimum atomic E-state index is -0.791. The molecule has 1 aromatic rings. The van der Waals surface area contributed by atoms with E-state index < -0.39 is 5.60 Å². The first kappa shape index (κ1) is 21.5. The van der Waals surface area contributed by atoms with Crippen molar-refractivity contribution in [2.24, 2.45) is 52.8 Å². The molecule has 0 bridgehead atoms. The van der Waals surface area contributed by atoms with Crippen LogP contribution in [0, 0.1) is 64.1 Å². The molecular formula is C27H41N3O. The predicted octanol–water partition coefficient (Wildman–Crippen LogP) is 5.66. The molecule has 31 heavy (non-hydrogen) atoms. The Morgan fingerprint density at radius 3 is 2.65 bits per heavy atom. The number of fused-ring (bicyclic) bond motifs is 5. The van der Waals surface area contributed by atoms with Crippen molar-refractivity contribution in [2.45, 2.75) is 91.2 Å². The van der Waals surface area contributed by atoms with Gasteiger partial charge in [-0.3, -0.25) is 4.68 Å². The molecule has 0 radical (unpaired) electrons. The molecule has 0 saturated heterocycles. The summed E-state index contributed by atoms with van der Waals surface area (Å²) in [6.45, 7) is 9.98. The smallest absolute Gasteiger partial charge is 0.102 e. The van der Waals surface area contributed by atoms with Gasteiger partial charge in [0.1, 0.15) is 6.07 Å². The molecule has 170 valence electrons. The Bertz CT molecular complexity index is 853. The maximum absolute atomic E-state index is 11.7. The summed E-state index contributed by atoms with van der Waals surface area (Å²) in [6.07, 6.45) is 14.2. The Labute approximate surface area is 188 Å². The minimum absolute atomic E-state index is 0.232. The topological polar surface area (TPSA) is 61.8 Å². The second-order valence-electron chi connectivity index (χ2n) is 12.4. The largest absolute Gasteiger partial charge is 0.388 e.